The Balaban J connectivity index is 1.54. The number of hydrogen-bond acceptors (Lipinski definition) is 8. The number of nitrogens with two attached hydrogens (primary N) is 1. The highest BCUT2D eigenvalue weighted by atomic mass is 16.4. The largest absolute Gasteiger partial charge is 0.488 e. The van der Waals surface area contributed by atoms with Gasteiger partial charge in [0.05, 0.1) is 23.0 Å². The first kappa shape index (κ1) is 21.1. The first-order valence-corrected chi connectivity index (χ1v) is 10.4. The number of aromatic nitrogens is 4. The average molecular weight is 443 g/mol. The van der Waals surface area contributed by atoms with Crippen LogP contribution in [0.25, 0.3) is 16.9 Å². The molecule has 0 spiro atoms. The molecule has 1 amide bonds. The Bertz CT molecular complexity index is 1370. The van der Waals surface area contributed by atoms with Crippen LogP contribution in [0.2, 0.25) is 0 Å². The SMILES string of the molecule is CN1Cc2nc(-n3ncc4c(C(N)=O)cccc43)nc(NCc3cccc(B(O)O)c3)c2C1. The van der Waals surface area contributed by atoms with Gasteiger partial charge in [0.1, 0.15) is 5.82 Å². The first-order valence-electron chi connectivity index (χ1n) is 10.4. The van der Waals surface area contributed by atoms with Crippen molar-refractivity contribution in [3.63, 3.8) is 0 Å². The van der Waals surface area contributed by atoms with Gasteiger partial charge in [-0.05, 0) is 30.2 Å². The third-order valence-electron chi connectivity index (χ3n) is 5.71. The summed E-state index contributed by atoms with van der Waals surface area (Å²) >= 11 is 0. The smallest absolute Gasteiger partial charge is 0.423 e. The monoisotopic (exact) mass is 443 g/mol. The third-order valence-corrected chi connectivity index (χ3v) is 5.71. The van der Waals surface area contributed by atoms with Crippen molar-refractivity contribution in [1.82, 2.24) is 24.6 Å². The molecule has 4 aromatic rings. The molecule has 0 bridgehead atoms. The maximum Gasteiger partial charge on any atom is 0.488 e. The topological polar surface area (TPSA) is 142 Å². The van der Waals surface area contributed by atoms with E-state index in [1.165, 1.54) is 0 Å². The molecular weight excluding hydrogens is 421 g/mol. The molecule has 0 saturated heterocycles. The van der Waals surface area contributed by atoms with E-state index in [-0.39, 0.29) is 0 Å². The second kappa shape index (κ2) is 8.28. The van der Waals surface area contributed by atoms with Crippen LogP contribution < -0.4 is 16.5 Å². The summed E-state index contributed by atoms with van der Waals surface area (Å²) in [4.78, 5) is 23.4. The standard InChI is InChI=1S/C22H22BN7O3/c1-29-11-17-18(12-29)27-22(30-19-7-3-6-15(20(24)31)16(19)10-26-30)28-21(17)25-9-13-4-2-5-14(8-13)23(32)33/h2-8,10,32-33H,9,11-12H2,1H3,(H2,24,31)(H,25,27,28). The highest BCUT2D eigenvalue weighted by Gasteiger charge is 2.24. The van der Waals surface area contributed by atoms with E-state index in [2.05, 4.69) is 15.3 Å². The third kappa shape index (κ3) is 3.93. The van der Waals surface area contributed by atoms with Crippen molar-refractivity contribution < 1.29 is 14.8 Å². The number of primary amides is 1. The predicted octanol–water partition coefficient (Wildman–Crippen LogP) is 0.152. The minimum atomic E-state index is -1.52. The van der Waals surface area contributed by atoms with E-state index < -0.39 is 13.0 Å². The van der Waals surface area contributed by atoms with Crippen molar-refractivity contribution in [3.8, 4) is 5.95 Å². The van der Waals surface area contributed by atoms with Crippen LogP contribution in [0.5, 0.6) is 0 Å². The zero-order valence-electron chi connectivity index (χ0n) is 17.9. The Morgan fingerprint density at radius 1 is 1.18 bits per heavy atom. The molecule has 5 rings (SSSR count). The molecule has 1 aliphatic heterocycles. The maximum absolute atomic E-state index is 11.8. The van der Waals surface area contributed by atoms with Crippen LogP contribution in [0.15, 0.2) is 48.7 Å². The molecule has 2 aromatic heterocycles. The number of amides is 1. The fourth-order valence-electron chi connectivity index (χ4n) is 4.11. The van der Waals surface area contributed by atoms with Crippen LogP contribution in [0.3, 0.4) is 0 Å². The van der Waals surface area contributed by atoms with Crippen molar-refractivity contribution in [2.24, 2.45) is 5.73 Å². The van der Waals surface area contributed by atoms with Crippen molar-refractivity contribution in [2.75, 3.05) is 12.4 Å². The maximum atomic E-state index is 11.8. The van der Waals surface area contributed by atoms with E-state index in [0.717, 1.165) is 16.8 Å². The Labute approximate surface area is 189 Å². The number of anilines is 1. The van der Waals surface area contributed by atoms with Gasteiger partial charge in [-0.3, -0.25) is 9.69 Å². The second-order valence-electron chi connectivity index (χ2n) is 8.10. The van der Waals surface area contributed by atoms with Gasteiger partial charge in [-0.1, -0.05) is 30.3 Å². The van der Waals surface area contributed by atoms with Crippen LogP contribution in [0.1, 0.15) is 27.2 Å². The zero-order chi connectivity index (χ0) is 23.1. The van der Waals surface area contributed by atoms with Gasteiger partial charge in [-0.2, -0.15) is 14.8 Å². The van der Waals surface area contributed by atoms with Crippen molar-refractivity contribution >= 4 is 35.2 Å². The van der Waals surface area contributed by atoms with Gasteiger partial charge in [0.2, 0.25) is 5.91 Å². The number of carbonyl (C=O) groups is 1. The highest BCUT2D eigenvalue weighted by Crippen LogP contribution is 2.28. The van der Waals surface area contributed by atoms with Gasteiger partial charge in [0, 0.05) is 30.6 Å². The van der Waals surface area contributed by atoms with E-state index in [1.807, 2.05) is 19.2 Å². The van der Waals surface area contributed by atoms with Gasteiger partial charge in [0.15, 0.2) is 0 Å². The molecule has 5 N–H and O–H groups in total. The molecule has 0 atom stereocenters. The van der Waals surface area contributed by atoms with Gasteiger partial charge in [-0.15, -0.1) is 0 Å². The molecule has 1 aliphatic rings. The summed E-state index contributed by atoms with van der Waals surface area (Å²) in [5.41, 5.74) is 9.81. The summed E-state index contributed by atoms with van der Waals surface area (Å²) in [6.07, 6.45) is 1.59. The summed E-state index contributed by atoms with van der Waals surface area (Å²) in [5.74, 6) is 0.556. The van der Waals surface area contributed by atoms with Crippen LogP contribution in [-0.2, 0) is 19.6 Å². The number of nitrogens with zero attached hydrogens (tertiary/aromatic N) is 5. The van der Waals surface area contributed by atoms with E-state index >= 15 is 0 Å². The normalized spacial score (nSPS) is 13.3. The van der Waals surface area contributed by atoms with Crippen LogP contribution in [-0.4, -0.2) is 54.8 Å². The number of fused-ring (bicyclic) bond motifs is 2. The lowest BCUT2D eigenvalue weighted by atomic mass is 9.80. The molecular formula is C22H22BN7O3. The van der Waals surface area contributed by atoms with E-state index in [9.17, 15) is 14.8 Å². The summed E-state index contributed by atoms with van der Waals surface area (Å²) in [7, 11) is 0.492. The van der Waals surface area contributed by atoms with E-state index in [0.29, 0.717) is 53.3 Å². The Hall–Kier alpha value is -3.80. The van der Waals surface area contributed by atoms with Crippen LogP contribution >= 0.6 is 0 Å². The molecule has 0 aliphatic carbocycles. The molecule has 11 heteroatoms. The van der Waals surface area contributed by atoms with Crippen molar-refractivity contribution in [2.45, 2.75) is 19.6 Å². The van der Waals surface area contributed by atoms with Crippen LogP contribution in [0.4, 0.5) is 5.82 Å². The molecule has 0 unspecified atom stereocenters. The van der Waals surface area contributed by atoms with Crippen molar-refractivity contribution in [3.05, 3.63) is 71.0 Å². The molecule has 2 aromatic carbocycles. The lowest BCUT2D eigenvalue weighted by Gasteiger charge is -2.13. The second-order valence-corrected chi connectivity index (χ2v) is 8.10. The number of hydrogen-bond donors (Lipinski definition) is 4. The molecule has 0 saturated carbocycles. The van der Waals surface area contributed by atoms with Crippen molar-refractivity contribution in [1.29, 1.82) is 0 Å². The number of nitrogens with one attached hydrogen (secondary N) is 1. The first-order chi connectivity index (χ1) is 15.9. The summed E-state index contributed by atoms with van der Waals surface area (Å²) in [6, 6.07) is 12.3. The minimum absolute atomic E-state index is 0.391. The van der Waals surface area contributed by atoms with Gasteiger partial charge >= 0.3 is 7.12 Å². The highest BCUT2D eigenvalue weighted by molar-refractivity contribution is 6.58. The summed E-state index contributed by atoms with van der Waals surface area (Å²) < 4.78 is 1.61. The lowest BCUT2D eigenvalue weighted by Crippen LogP contribution is -2.30. The zero-order valence-corrected chi connectivity index (χ0v) is 17.9. The van der Waals surface area contributed by atoms with Gasteiger partial charge in [0.25, 0.3) is 5.95 Å². The summed E-state index contributed by atoms with van der Waals surface area (Å²) in [5, 5.41) is 27.3. The fraction of sp³-hybridized carbons (Fsp3) is 0.182. The lowest BCUT2D eigenvalue weighted by molar-refractivity contribution is 0.100. The number of benzene rings is 2. The predicted molar refractivity (Wildman–Crippen MR) is 124 cm³/mol. The molecule has 166 valence electrons. The Kier molecular flexibility index (Phi) is 5.29. The Morgan fingerprint density at radius 2 is 2.00 bits per heavy atom. The average Bonchev–Trinajstić information content (AvgIpc) is 3.40. The van der Waals surface area contributed by atoms with Gasteiger partial charge < -0.3 is 21.1 Å². The molecule has 10 nitrogen and oxygen atoms in total. The molecule has 0 fully saturated rings. The fourth-order valence-corrected chi connectivity index (χ4v) is 4.11. The number of carbonyl (C=O) groups excluding carboxylic acids is 1. The molecule has 0 radical (unpaired) electrons. The molecule has 33 heavy (non-hydrogen) atoms. The summed E-state index contributed by atoms with van der Waals surface area (Å²) in [6.45, 7) is 1.83. The molecule has 3 heterocycles. The van der Waals surface area contributed by atoms with Gasteiger partial charge in [-0.25, -0.2) is 4.98 Å². The quantitative estimate of drug-likeness (QED) is 0.309. The van der Waals surface area contributed by atoms with E-state index in [1.54, 1.807) is 41.2 Å². The Morgan fingerprint density at radius 3 is 2.79 bits per heavy atom. The number of rotatable bonds is 6. The van der Waals surface area contributed by atoms with Crippen LogP contribution in [0, 0.1) is 0 Å². The van der Waals surface area contributed by atoms with E-state index in [4.69, 9.17) is 15.7 Å². The minimum Gasteiger partial charge on any atom is -0.423 e.